The van der Waals surface area contributed by atoms with Crippen molar-refractivity contribution in [1.82, 2.24) is 4.90 Å². The largest absolute Gasteiger partial charge is 0.301 e. The molecule has 1 heterocycles. The molecule has 0 aromatic rings. The summed E-state index contributed by atoms with van der Waals surface area (Å²) in [5, 5.41) is 1.52. The van der Waals surface area contributed by atoms with Crippen molar-refractivity contribution in [3.8, 4) is 0 Å². The van der Waals surface area contributed by atoms with Crippen molar-refractivity contribution < 1.29 is 0 Å². The van der Waals surface area contributed by atoms with Gasteiger partial charge in [-0.1, -0.05) is 37.2 Å². The van der Waals surface area contributed by atoms with E-state index >= 15 is 0 Å². The van der Waals surface area contributed by atoms with Crippen molar-refractivity contribution >= 4 is 8.07 Å². The van der Waals surface area contributed by atoms with Gasteiger partial charge in [0, 0.05) is 13.1 Å². The first-order chi connectivity index (χ1) is 6.64. The summed E-state index contributed by atoms with van der Waals surface area (Å²) in [6.45, 7) is 15.2. The topological polar surface area (TPSA) is 3.01 Å². The predicted molar refractivity (Wildman–Crippen MR) is 67.4 cm³/mol. The van der Waals surface area contributed by atoms with Gasteiger partial charge in [0.15, 0.2) is 0 Å². The summed E-state index contributed by atoms with van der Waals surface area (Å²) in [7, 11) is -1.08. The first kappa shape index (κ1) is 12.0. The van der Waals surface area contributed by atoms with Gasteiger partial charge in [-0.05, 0) is 19.9 Å². The fourth-order valence-electron chi connectivity index (χ4n) is 2.36. The lowest BCUT2D eigenvalue weighted by molar-refractivity contribution is 0.549. The van der Waals surface area contributed by atoms with Gasteiger partial charge in [0.05, 0.1) is 8.07 Å². The quantitative estimate of drug-likeness (QED) is 0.461. The molecule has 1 aliphatic heterocycles. The highest BCUT2D eigenvalue weighted by atomic mass is 28.3. The highest BCUT2D eigenvalue weighted by molar-refractivity contribution is 6.86. The molecule has 0 aromatic heterocycles. The van der Waals surface area contributed by atoms with Crippen molar-refractivity contribution in [1.29, 1.82) is 0 Å². The highest BCUT2D eigenvalue weighted by Crippen LogP contribution is 2.29. The van der Waals surface area contributed by atoms with E-state index in [1.54, 1.807) is 0 Å². The Morgan fingerprint density at radius 2 is 1.86 bits per heavy atom. The van der Waals surface area contributed by atoms with Gasteiger partial charge in [-0.25, -0.2) is 0 Å². The van der Waals surface area contributed by atoms with Gasteiger partial charge >= 0.3 is 0 Å². The normalized spacial score (nSPS) is 17.1. The Morgan fingerprint density at radius 3 is 2.21 bits per heavy atom. The molecule has 0 aliphatic carbocycles. The van der Waals surface area contributed by atoms with Crippen LogP contribution in [0.1, 0.15) is 27.2 Å². The predicted octanol–water partition coefficient (Wildman–Crippen LogP) is 3.30. The van der Waals surface area contributed by atoms with Crippen LogP contribution in [0, 0.1) is 0 Å². The standard InChI is InChI=1S/C12H25NSi/c1-5-14(6-2,12(3)4)11-7-8-13-9-10-13/h3,5-11H2,1-2,4H3. The molecule has 0 saturated carbocycles. The summed E-state index contributed by atoms with van der Waals surface area (Å²) in [6.07, 6.45) is 1.40. The van der Waals surface area contributed by atoms with Gasteiger partial charge in [-0.15, -0.1) is 6.58 Å². The number of nitrogens with zero attached hydrogens (tertiary/aromatic N) is 1. The minimum atomic E-state index is -1.08. The van der Waals surface area contributed by atoms with E-state index in [4.69, 9.17) is 0 Å². The Kier molecular flexibility index (Phi) is 4.39. The summed E-state index contributed by atoms with van der Waals surface area (Å²) in [4.78, 5) is 2.53. The van der Waals surface area contributed by atoms with Crippen LogP contribution in [-0.2, 0) is 0 Å². The van der Waals surface area contributed by atoms with E-state index in [0.717, 1.165) is 0 Å². The van der Waals surface area contributed by atoms with Crippen LogP contribution < -0.4 is 0 Å². The third-order valence-corrected chi connectivity index (χ3v) is 9.76. The van der Waals surface area contributed by atoms with Crippen molar-refractivity contribution in [3.05, 3.63) is 11.8 Å². The zero-order valence-corrected chi connectivity index (χ0v) is 11.1. The second-order valence-electron chi connectivity index (χ2n) is 4.71. The van der Waals surface area contributed by atoms with E-state index in [-0.39, 0.29) is 0 Å². The van der Waals surface area contributed by atoms with Gasteiger partial charge in [0.25, 0.3) is 0 Å². The van der Waals surface area contributed by atoms with Crippen LogP contribution >= 0.6 is 0 Å². The zero-order valence-electron chi connectivity index (χ0n) is 10.1. The molecule has 0 amide bonds. The van der Waals surface area contributed by atoms with Crippen molar-refractivity contribution in [2.75, 3.05) is 19.6 Å². The van der Waals surface area contributed by atoms with Crippen molar-refractivity contribution in [2.24, 2.45) is 0 Å². The van der Waals surface area contributed by atoms with Crippen LogP contribution in [0.4, 0.5) is 0 Å². The molecule has 0 bridgehead atoms. The Bertz CT molecular complexity index is 192. The molecule has 0 atom stereocenters. The third-order valence-electron chi connectivity index (χ3n) is 3.93. The monoisotopic (exact) mass is 211 g/mol. The van der Waals surface area contributed by atoms with E-state index in [2.05, 4.69) is 32.3 Å². The fourth-order valence-corrected chi connectivity index (χ4v) is 6.03. The maximum atomic E-state index is 4.23. The van der Waals surface area contributed by atoms with Gasteiger partial charge in [-0.3, -0.25) is 0 Å². The Labute approximate surface area is 90.2 Å². The minimum absolute atomic E-state index is 1.08. The lowest BCUT2D eigenvalue weighted by Gasteiger charge is -2.30. The molecule has 1 aliphatic rings. The highest BCUT2D eigenvalue weighted by Gasteiger charge is 2.29. The molecule has 0 radical (unpaired) electrons. The van der Waals surface area contributed by atoms with E-state index in [1.165, 1.54) is 49.4 Å². The van der Waals surface area contributed by atoms with Crippen LogP contribution in [0.2, 0.25) is 18.1 Å². The molecule has 1 saturated heterocycles. The molecule has 82 valence electrons. The third kappa shape index (κ3) is 2.96. The van der Waals surface area contributed by atoms with Gasteiger partial charge < -0.3 is 4.90 Å². The second kappa shape index (κ2) is 5.13. The molecule has 1 fully saturated rings. The van der Waals surface area contributed by atoms with E-state index < -0.39 is 8.07 Å². The maximum absolute atomic E-state index is 4.23. The van der Waals surface area contributed by atoms with Gasteiger partial charge in [0.2, 0.25) is 0 Å². The first-order valence-electron chi connectivity index (χ1n) is 6.03. The Morgan fingerprint density at radius 1 is 1.29 bits per heavy atom. The lowest BCUT2D eigenvalue weighted by atomic mass is 10.5. The number of hydrogen-bond donors (Lipinski definition) is 0. The molecule has 1 rings (SSSR count). The van der Waals surface area contributed by atoms with Crippen molar-refractivity contribution in [3.63, 3.8) is 0 Å². The van der Waals surface area contributed by atoms with Crippen LogP contribution in [0.3, 0.4) is 0 Å². The SMILES string of the molecule is C=C(C)[Si](CC)(CC)CCCN1CC1. The number of rotatable bonds is 7. The minimum Gasteiger partial charge on any atom is -0.301 e. The molecule has 2 heteroatoms. The maximum Gasteiger partial charge on any atom is 0.0799 e. The fraction of sp³-hybridized carbons (Fsp3) is 0.833. The molecule has 1 nitrogen and oxygen atoms in total. The van der Waals surface area contributed by atoms with Crippen LogP contribution in [-0.4, -0.2) is 32.6 Å². The molecule has 0 aromatic carbocycles. The molecule has 0 N–H and O–H groups in total. The molecule has 14 heavy (non-hydrogen) atoms. The molecular formula is C12H25NSi. The molecule has 0 unspecified atom stereocenters. The average molecular weight is 211 g/mol. The summed E-state index contributed by atoms with van der Waals surface area (Å²) >= 11 is 0. The van der Waals surface area contributed by atoms with E-state index in [0.29, 0.717) is 0 Å². The molecular weight excluding hydrogens is 186 g/mol. The van der Waals surface area contributed by atoms with E-state index in [1.807, 2.05) is 0 Å². The van der Waals surface area contributed by atoms with Crippen LogP contribution in [0.25, 0.3) is 0 Å². The Balaban J connectivity index is 2.35. The summed E-state index contributed by atoms with van der Waals surface area (Å²) < 4.78 is 0. The first-order valence-corrected chi connectivity index (χ1v) is 8.65. The molecule has 0 spiro atoms. The second-order valence-corrected chi connectivity index (χ2v) is 10.0. The Hall–Kier alpha value is -0.0831. The zero-order chi connectivity index (χ0) is 10.6. The van der Waals surface area contributed by atoms with Crippen LogP contribution in [0.5, 0.6) is 0 Å². The summed E-state index contributed by atoms with van der Waals surface area (Å²) in [5.41, 5.74) is 0. The average Bonchev–Trinajstić information content (AvgIpc) is 2.96. The van der Waals surface area contributed by atoms with Crippen LogP contribution in [0.15, 0.2) is 11.8 Å². The summed E-state index contributed by atoms with van der Waals surface area (Å²) in [5.74, 6) is 0. The smallest absolute Gasteiger partial charge is 0.0799 e. The van der Waals surface area contributed by atoms with E-state index in [9.17, 15) is 0 Å². The number of allylic oxidation sites excluding steroid dienone is 1. The van der Waals surface area contributed by atoms with Gasteiger partial charge in [-0.2, -0.15) is 0 Å². The van der Waals surface area contributed by atoms with Gasteiger partial charge in [0.1, 0.15) is 0 Å². The van der Waals surface area contributed by atoms with Crippen molar-refractivity contribution in [2.45, 2.75) is 45.3 Å². The summed E-state index contributed by atoms with van der Waals surface area (Å²) in [6, 6.07) is 4.24. The number of hydrogen-bond acceptors (Lipinski definition) is 1. The lowest BCUT2D eigenvalue weighted by Crippen LogP contribution is -2.34.